The van der Waals surface area contributed by atoms with E-state index in [0.717, 1.165) is 37.3 Å². The monoisotopic (exact) mass is 492 g/mol. The molecule has 1 heterocycles. The summed E-state index contributed by atoms with van der Waals surface area (Å²) in [6, 6.07) is 8.04. The fourth-order valence-electron chi connectivity index (χ4n) is 3.53. The van der Waals surface area contributed by atoms with Crippen LogP contribution in [0.4, 0.5) is 13.2 Å². The van der Waals surface area contributed by atoms with Crippen molar-refractivity contribution >= 4 is 11.8 Å². The van der Waals surface area contributed by atoms with E-state index >= 15 is 0 Å². The maximum atomic E-state index is 13.8. The first kappa shape index (κ1) is 28.0. The van der Waals surface area contributed by atoms with Gasteiger partial charge in [-0.15, -0.1) is 11.8 Å². The molecule has 2 aromatic rings. The molecule has 0 spiro atoms. The summed E-state index contributed by atoms with van der Waals surface area (Å²) >= 11 is 1.24. The number of halogens is 3. The molecule has 3 nitrogen and oxygen atoms in total. The Hall–Kier alpha value is -2.20. The highest BCUT2D eigenvalue weighted by Gasteiger charge is 2.36. The minimum Gasteiger partial charge on any atom is -0.493 e. The van der Waals surface area contributed by atoms with Crippen LogP contribution in [0.25, 0.3) is 11.3 Å². The average Bonchev–Trinajstić information content (AvgIpc) is 2.78. The van der Waals surface area contributed by atoms with E-state index in [4.69, 9.17) is 4.74 Å². The predicted octanol–water partition coefficient (Wildman–Crippen LogP) is 8.83. The minimum absolute atomic E-state index is 0.149. The minimum atomic E-state index is -4.63. The molecule has 7 heteroatoms. The number of hydrogen-bond acceptors (Lipinski definition) is 4. The summed E-state index contributed by atoms with van der Waals surface area (Å²) in [7, 11) is 0. The molecule has 34 heavy (non-hydrogen) atoms. The van der Waals surface area contributed by atoms with Crippen molar-refractivity contribution in [3.8, 4) is 23.1 Å². The second-order valence-corrected chi connectivity index (χ2v) is 10.1. The third-order valence-corrected chi connectivity index (χ3v) is 6.63. The Bertz CT molecular complexity index is 968. The maximum Gasteiger partial charge on any atom is 0.417 e. The molecule has 0 fully saturated rings. The molecule has 0 atom stereocenters. The van der Waals surface area contributed by atoms with Gasteiger partial charge in [0.25, 0.3) is 0 Å². The van der Waals surface area contributed by atoms with Gasteiger partial charge in [-0.1, -0.05) is 52.9 Å². The maximum absolute atomic E-state index is 13.8. The number of thioether (sulfide) groups is 1. The number of ether oxygens (including phenoxy) is 1. The molecule has 0 aliphatic carbocycles. The van der Waals surface area contributed by atoms with Gasteiger partial charge in [0.05, 0.1) is 23.4 Å². The third kappa shape index (κ3) is 8.54. The van der Waals surface area contributed by atoms with Gasteiger partial charge in [0.15, 0.2) is 0 Å². The van der Waals surface area contributed by atoms with E-state index in [2.05, 4.69) is 25.8 Å². The van der Waals surface area contributed by atoms with Crippen LogP contribution in [0.1, 0.15) is 82.4 Å². The fraction of sp³-hybridized carbons (Fsp3) is 0.556. The predicted molar refractivity (Wildman–Crippen MR) is 133 cm³/mol. The van der Waals surface area contributed by atoms with Crippen molar-refractivity contribution in [3.63, 3.8) is 0 Å². The number of aryl methyl sites for hydroxylation is 1. The number of aromatic nitrogens is 1. The van der Waals surface area contributed by atoms with Crippen LogP contribution in [-0.2, 0) is 6.18 Å². The van der Waals surface area contributed by atoms with Crippen LogP contribution in [-0.4, -0.2) is 17.3 Å². The van der Waals surface area contributed by atoms with Crippen LogP contribution in [0, 0.1) is 24.2 Å². The largest absolute Gasteiger partial charge is 0.493 e. The standard InChI is InChI=1S/C27H35F3N2OS/c1-5-6-7-8-9-10-15-34-26-22(18-31)23(27(28,29)30)17-24(32-26)21-11-12-25(20(4)16-21)33-14-13-19(2)3/h11-12,16-17,19H,5-10,13-15H2,1-4H3. The number of nitriles is 1. The van der Waals surface area contributed by atoms with Crippen LogP contribution < -0.4 is 4.74 Å². The van der Waals surface area contributed by atoms with Crippen LogP contribution in [0.15, 0.2) is 29.3 Å². The smallest absolute Gasteiger partial charge is 0.417 e. The molecule has 1 aromatic heterocycles. The SMILES string of the molecule is CCCCCCCCSc1nc(-c2ccc(OCCC(C)C)c(C)c2)cc(C(F)(F)F)c1C#N. The molecule has 0 saturated carbocycles. The van der Waals surface area contributed by atoms with Gasteiger partial charge in [-0.3, -0.25) is 0 Å². The average molecular weight is 493 g/mol. The van der Waals surface area contributed by atoms with E-state index in [-0.39, 0.29) is 10.7 Å². The topological polar surface area (TPSA) is 45.9 Å². The number of benzene rings is 1. The van der Waals surface area contributed by atoms with Crippen LogP contribution in [0.3, 0.4) is 0 Å². The van der Waals surface area contributed by atoms with Crippen molar-refractivity contribution in [3.05, 3.63) is 41.0 Å². The van der Waals surface area contributed by atoms with Gasteiger partial charge < -0.3 is 4.74 Å². The summed E-state index contributed by atoms with van der Waals surface area (Å²) in [6.07, 6.45) is 2.86. The van der Waals surface area contributed by atoms with Crippen molar-refractivity contribution in [1.82, 2.24) is 4.98 Å². The van der Waals surface area contributed by atoms with Gasteiger partial charge in [-0.2, -0.15) is 18.4 Å². The molecule has 0 amide bonds. The summed E-state index contributed by atoms with van der Waals surface area (Å²) in [6.45, 7) is 8.86. The number of rotatable bonds is 13. The summed E-state index contributed by atoms with van der Waals surface area (Å²) in [5.41, 5.74) is 0.305. The number of unbranched alkanes of at least 4 members (excludes halogenated alkanes) is 5. The Morgan fingerprint density at radius 1 is 1.09 bits per heavy atom. The second kappa shape index (κ2) is 13.6. The molecular formula is C27H35F3N2OS. The zero-order valence-electron chi connectivity index (χ0n) is 20.6. The van der Waals surface area contributed by atoms with E-state index in [9.17, 15) is 18.4 Å². The summed E-state index contributed by atoms with van der Waals surface area (Å²) in [4.78, 5) is 4.49. The van der Waals surface area contributed by atoms with E-state index in [1.165, 1.54) is 31.0 Å². The molecule has 0 saturated heterocycles. The zero-order chi connectivity index (χ0) is 25.1. The van der Waals surface area contributed by atoms with Crippen LogP contribution in [0.5, 0.6) is 5.75 Å². The summed E-state index contributed by atoms with van der Waals surface area (Å²) in [5.74, 6) is 1.87. The molecule has 0 unspecified atom stereocenters. The van der Waals surface area contributed by atoms with Crippen molar-refractivity contribution in [2.24, 2.45) is 5.92 Å². The van der Waals surface area contributed by atoms with Crippen molar-refractivity contribution < 1.29 is 17.9 Å². The van der Waals surface area contributed by atoms with E-state index in [1.807, 2.05) is 6.92 Å². The first-order chi connectivity index (χ1) is 16.2. The number of hydrogen-bond donors (Lipinski definition) is 0. The zero-order valence-corrected chi connectivity index (χ0v) is 21.4. The molecule has 0 aliphatic rings. The van der Waals surface area contributed by atoms with Crippen LogP contribution in [0.2, 0.25) is 0 Å². The normalized spacial score (nSPS) is 11.6. The number of nitrogens with zero attached hydrogens (tertiary/aromatic N) is 2. The molecule has 186 valence electrons. The molecule has 2 rings (SSSR count). The Labute approximate surface area is 206 Å². The Balaban J connectivity index is 2.27. The lowest BCUT2D eigenvalue weighted by Crippen LogP contribution is -2.10. The molecule has 0 radical (unpaired) electrons. The Morgan fingerprint density at radius 2 is 1.79 bits per heavy atom. The highest BCUT2D eigenvalue weighted by Crippen LogP contribution is 2.38. The van der Waals surface area contributed by atoms with Crippen LogP contribution >= 0.6 is 11.8 Å². The van der Waals surface area contributed by atoms with Gasteiger partial charge in [-0.25, -0.2) is 4.98 Å². The Kier molecular flexibility index (Phi) is 11.2. The lowest BCUT2D eigenvalue weighted by Gasteiger charge is -2.15. The van der Waals surface area contributed by atoms with Gasteiger partial charge in [0.1, 0.15) is 16.8 Å². The first-order valence-electron chi connectivity index (χ1n) is 12.1. The number of pyridine rings is 1. The molecular weight excluding hydrogens is 457 g/mol. The van der Waals surface area contributed by atoms with Gasteiger partial charge in [-0.05, 0) is 61.3 Å². The highest BCUT2D eigenvalue weighted by atomic mass is 32.2. The van der Waals surface area contributed by atoms with Crippen molar-refractivity contribution in [2.75, 3.05) is 12.4 Å². The molecule has 0 bridgehead atoms. The first-order valence-corrected chi connectivity index (χ1v) is 13.0. The fourth-order valence-corrected chi connectivity index (χ4v) is 4.54. The van der Waals surface area contributed by atoms with Crippen molar-refractivity contribution in [1.29, 1.82) is 5.26 Å². The van der Waals surface area contributed by atoms with Gasteiger partial charge in [0.2, 0.25) is 0 Å². The quantitative estimate of drug-likeness (QED) is 0.207. The van der Waals surface area contributed by atoms with E-state index < -0.39 is 17.3 Å². The third-order valence-electron chi connectivity index (χ3n) is 5.56. The summed E-state index contributed by atoms with van der Waals surface area (Å²) < 4.78 is 47.3. The molecule has 0 N–H and O–H groups in total. The highest BCUT2D eigenvalue weighted by molar-refractivity contribution is 7.99. The number of alkyl halides is 3. The lowest BCUT2D eigenvalue weighted by atomic mass is 10.0. The van der Waals surface area contributed by atoms with E-state index in [1.54, 1.807) is 24.3 Å². The Morgan fingerprint density at radius 3 is 2.41 bits per heavy atom. The van der Waals surface area contributed by atoms with Gasteiger partial charge >= 0.3 is 6.18 Å². The molecule has 1 aromatic carbocycles. The van der Waals surface area contributed by atoms with Gasteiger partial charge in [0, 0.05) is 5.56 Å². The molecule has 0 aliphatic heterocycles. The van der Waals surface area contributed by atoms with E-state index in [0.29, 0.717) is 29.6 Å². The lowest BCUT2D eigenvalue weighted by molar-refractivity contribution is -0.138. The van der Waals surface area contributed by atoms with Crippen molar-refractivity contribution in [2.45, 2.75) is 83.8 Å². The second-order valence-electron chi connectivity index (χ2n) is 8.97. The summed E-state index contributed by atoms with van der Waals surface area (Å²) in [5, 5.41) is 9.65.